The van der Waals surface area contributed by atoms with Gasteiger partial charge in [0.1, 0.15) is 0 Å². The summed E-state index contributed by atoms with van der Waals surface area (Å²) in [5.41, 5.74) is 3.76. The summed E-state index contributed by atoms with van der Waals surface area (Å²) in [5.74, 6) is -9.26. The Morgan fingerprint density at radius 2 is 1.04 bits per heavy atom. The minimum Gasteiger partial charge on any atom is -0.493 e. The van der Waals surface area contributed by atoms with Crippen molar-refractivity contribution in [1.82, 2.24) is 10.9 Å². The Kier molecular flexibility index (Phi) is 14.0. The van der Waals surface area contributed by atoms with Crippen LogP contribution in [0, 0.1) is 5.92 Å². The lowest BCUT2D eigenvalue weighted by atomic mass is 10.1. The largest absolute Gasteiger partial charge is 0.493 e. The molecular weight excluding hydrogens is 702 g/mol. The highest BCUT2D eigenvalue weighted by Crippen LogP contribution is 2.30. The molecule has 3 aromatic rings. The lowest BCUT2D eigenvalue weighted by Crippen LogP contribution is -2.54. The number of hydrogen-bond donors (Lipinski definition) is 4. The van der Waals surface area contributed by atoms with Gasteiger partial charge in [0.15, 0.2) is 23.0 Å². The van der Waals surface area contributed by atoms with Crippen LogP contribution < -0.4 is 35.1 Å². The van der Waals surface area contributed by atoms with Crippen molar-refractivity contribution in [1.29, 1.82) is 0 Å². The van der Waals surface area contributed by atoms with Crippen LogP contribution in [0.15, 0.2) is 60.7 Å². The normalized spacial score (nSPS) is 11.5. The van der Waals surface area contributed by atoms with E-state index < -0.39 is 53.9 Å². The maximum absolute atomic E-state index is 13.4. The molecule has 2 atom stereocenters. The van der Waals surface area contributed by atoms with E-state index in [4.69, 9.17) is 28.4 Å². The molecule has 0 aliphatic heterocycles. The smallest absolute Gasteiger partial charge is 0.349 e. The SMILES string of the molecule is COc1cc(C(=O)O[C@H](C(=O)O)[C@H](OC(=O)c2ccc(OC(C)=O)c(OC)c2)C(=O)NNC(=O)c2ccc(NC(=O)C(C)C)cc2)ccc1OC(C)=O. The molecule has 0 spiro atoms. The van der Waals surface area contributed by atoms with E-state index in [1.165, 1.54) is 50.6 Å². The molecule has 3 amide bonds. The van der Waals surface area contributed by atoms with E-state index >= 15 is 0 Å². The van der Waals surface area contributed by atoms with Crippen molar-refractivity contribution in [3.63, 3.8) is 0 Å². The van der Waals surface area contributed by atoms with Crippen molar-refractivity contribution in [2.45, 2.75) is 39.9 Å². The zero-order valence-corrected chi connectivity index (χ0v) is 29.2. The Hall–Kier alpha value is -6.98. The van der Waals surface area contributed by atoms with E-state index in [0.29, 0.717) is 5.69 Å². The van der Waals surface area contributed by atoms with Crippen molar-refractivity contribution in [2.75, 3.05) is 19.5 Å². The Morgan fingerprint density at radius 1 is 0.585 bits per heavy atom. The second-order valence-electron chi connectivity index (χ2n) is 11.1. The molecule has 0 saturated carbocycles. The van der Waals surface area contributed by atoms with Crippen molar-refractivity contribution in [3.8, 4) is 23.0 Å². The predicted molar refractivity (Wildman–Crippen MR) is 180 cm³/mol. The fraction of sp³-hybridized carbons (Fsp3) is 0.257. The van der Waals surface area contributed by atoms with E-state index in [0.717, 1.165) is 38.1 Å². The first-order chi connectivity index (χ1) is 25.0. The third-order valence-electron chi connectivity index (χ3n) is 6.79. The van der Waals surface area contributed by atoms with Gasteiger partial charge in [-0.1, -0.05) is 13.8 Å². The topological polar surface area (TPSA) is 248 Å². The van der Waals surface area contributed by atoms with Crippen molar-refractivity contribution >= 4 is 53.3 Å². The van der Waals surface area contributed by atoms with Crippen LogP contribution in [0.1, 0.15) is 58.8 Å². The van der Waals surface area contributed by atoms with E-state index in [9.17, 15) is 43.5 Å². The first-order valence-corrected chi connectivity index (χ1v) is 15.4. The summed E-state index contributed by atoms with van der Waals surface area (Å²) in [6, 6.07) is 12.2. The number of hydrogen-bond acceptors (Lipinski definition) is 14. The van der Waals surface area contributed by atoms with Crippen LogP contribution in [0.4, 0.5) is 5.69 Å². The van der Waals surface area contributed by atoms with Gasteiger partial charge in [-0.2, -0.15) is 0 Å². The number of anilines is 1. The van der Waals surface area contributed by atoms with Crippen molar-refractivity contribution in [2.24, 2.45) is 5.92 Å². The molecule has 0 radical (unpaired) electrons. The summed E-state index contributed by atoms with van der Waals surface area (Å²) in [6.07, 6.45) is -4.97. The van der Waals surface area contributed by atoms with E-state index in [2.05, 4.69) is 10.7 Å². The molecule has 18 nitrogen and oxygen atoms in total. The summed E-state index contributed by atoms with van der Waals surface area (Å²) in [6.45, 7) is 5.65. The van der Waals surface area contributed by atoms with Crippen molar-refractivity contribution in [3.05, 3.63) is 77.4 Å². The Morgan fingerprint density at radius 3 is 1.45 bits per heavy atom. The number of carbonyl (C=O) groups excluding carboxylic acids is 7. The second kappa shape index (κ2) is 18.3. The van der Waals surface area contributed by atoms with Gasteiger partial charge >= 0.3 is 29.8 Å². The highest BCUT2D eigenvalue weighted by atomic mass is 16.6. The second-order valence-corrected chi connectivity index (χ2v) is 11.1. The summed E-state index contributed by atoms with van der Waals surface area (Å²) < 4.78 is 30.6. The molecule has 280 valence electrons. The lowest BCUT2D eigenvalue weighted by Gasteiger charge is -2.24. The first kappa shape index (κ1) is 40.4. The average molecular weight is 738 g/mol. The van der Waals surface area contributed by atoms with Gasteiger partial charge in [0.05, 0.1) is 25.3 Å². The summed E-state index contributed by atoms with van der Waals surface area (Å²) in [5, 5.41) is 12.7. The Bertz CT molecular complexity index is 1910. The highest BCUT2D eigenvalue weighted by molar-refractivity contribution is 6.00. The Balaban J connectivity index is 1.91. The van der Waals surface area contributed by atoms with E-state index in [1.54, 1.807) is 13.8 Å². The molecule has 3 rings (SSSR count). The molecule has 0 saturated heterocycles. The van der Waals surface area contributed by atoms with Crippen LogP contribution in [0.2, 0.25) is 0 Å². The molecule has 3 aromatic carbocycles. The molecule has 4 N–H and O–H groups in total. The first-order valence-electron chi connectivity index (χ1n) is 15.4. The monoisotopic (exact) mass is 737 g/mol. The van der Waals surface area contributed by atoms with Gasteiger partial charge in [-0.25, -0.2) is 14.4 Å². The zero-order valence-electron chi connectivity index (χ0n) is 29.2. The highest BCUT2D eigenvalue weighted by Gasteiger charge is 2.41. The fourth-order valence-electron chi connectivity index (χ4n) is 4.18. The number of carboxylic acid groups (broad SMARTS) is 1. The quantitative estimate of drug-likeness (QED) is 0.105. The third kappa shape index (κ3) is 11.3. The van der Waals surface area contributed by atoms with Crippen LogP contribution in [0.25, 0.3) is 0 Å². The number of esters is 4. The summed E-state index contributed by atoms with van der Waals surface area (Å²) in [4.78, 5) is 100. The third-order valence-corrected chi connectivity index (χ3v) is 6.79. The molecular formula is C35H35N3O15. The van der Waals surface area contributed by atoms with E-state index in [-0.39, 0.29) is 51.5 Å². The van der Waals surface area contributed by atoms with Gasteiger partial charge in [0.2, 0.25) is 18.1 Å². The number of aliphatic carboxylic acids is 1. The standard InChI is InChI=1S/C35H35N3O15/c1-17(2)30(41)36-23-11-7-20(8-12-23)31(42)37-38-32(43)28(52-34(46)21-9-13-24(50-18(3)39)26(15-21)48-5)29(33(44)45)53-35(47)22-10-14-25(51-19(4)40)27(16-22)49-6/h7-17,28-29H,1-6H3,(H,36,41)(H,37,42)(H,38,43)(H,44,45)/t28-,29-/m0/s1. The molecule has 0 bridgehead atoms. The minimum absolute atomic E-state index is 0.00582. The molecule has 0 fully saturated rings. The zero-order chi connectivity index (χ0) is 39.4. The van der Waals surface area contributed by atoms with E-state index in [1.807, 2.05) is 5.43 Å². The molecule has 18 heteroatoms. The van der Waals surface area contributed by atoms with Crippen LogP contribution in [-0.4, -0.2) is 79.1 Å². The lowest BCUT2D eigenvalue weighted by molar-refractivity contribution is -0.159. The number of benzene rings is 3. The van der Waals surface area contributed by atoms with Gasteiger partial charge in [0.25, 0.3) is 11.8 Å². The molecule has 0 unspecified atom stereocenters. The molecule has 0 aliphatic rings. The molecule has 0 aromatic heterocycles. The molecule has 0 aliphatic carbocycles. The number of nitrogens with one attached hydrogen (secondary N) is 3. The fourth-order valence-corrected chi connectivity index (χ4v) is 4.18. The number of amides is 3. The van der Waals surface area contributed by atoms with Gasteiger partial charge in [-0.15, -0.1) is 0 Å². The average Bonchev–Trinajstić information content (AvgIpc) is 3.11. The van der Waals surface area contributed by atoms with Gasteiger partial charge in [-0.05, 0) is 60.7 Å². The molecule has 53 heavy (non-hydrogen) atoms. The predicted octanol–water partition coefficient (Wildman–Crippen LogP) is 2.45. The number of carboxylic acids is 1. The summed E-state index contributed by atoms with van der Waals surface area (Å²) >= 11 is 0. The van der Waals surface area contributed by atoms with Crippen LogP contribution in [0.3, 0.4) is 0 Å². The van der Waals surface area contributed by atoms with Crippen LogP contribution in [-0.2, 0) is 33.4 Å². The minimum atomic E-state index is -2.52. The van der Waals surface area contributed by atoms with Crippen molar-refractivity contribution < 1.29 is 71.9 Å². The summed E-state index contributed by atoms with van der Waals surface area (Å²) in [7, 11) is 2.41. The van der Waals surface area contributed by atoms with Gasteiger partial charge in [-0.3, -0.25) is 34.8 Å². The van der Waals surface area contributed by atoms with Crippen LogP contribution in [0.5, 0.6) is 23.0 Å². The van der Waals surface area contributed by atoms with Gasteiger partial charge < -0.3 is 38.8 Å². The number of carbonyl (C=O) groups is 8. The Labute approximate surface area is 301 Å². The number of hydrazine groups is 1. The number of rotatable bonds is 14. The van der Waals surface area contributed by atoms with Crippen LogP contribution >= 0.6 is 0 Å². The number of ether oxygens (including phenoxy) is 6. The van der Waals surface area contributed by atoms with Gasteiger partial charge in [0, 0.05) is 31.0 Å². The molecule has 0 heterocycles. The maximum Gasteiger partial charge on any atom is 0.349 e. The number of methoxy groups -OCH3 is 2. The maximum atomic E-state index is 13.4.